The lowest BCUT2D eigenvalue weighted by molar-refractivity contribution is -0.150. The minimum Gasteiger partial charge on any atom is -0.492 e. The van der Waals surface area contributed by atoms with Crippen LogP contribution in [0.15, 0.2) is 53.6 Å². The zero-order chi connectivity index (χ0) is 26.1. The van der Waals surface area contributed by atoms with Gasteiger partial charge in [0.05, 0.1) is 18.8 Å². The number of hydrogen-bond acceptors (Lipinski definition) is 8. The van der Waals surface area contributed by atoms with E-state index in [0.717, 1.165) is 35.8 Å². The van der Waals surface area contributed by atoms with Gasteiger partial charge in [0, 0.05) is 13.0 Å². The summed E-state index contributed by atoms with van der Waals surface area (Å²) in [6.45, 7) is 4.77. The predicted octanol–water partition coefficient (Wildman–Crippen LogP) is 0.831. The predicted molar refractivity (Wildman–Crippen MR) is 132 cm³/mol. The zero-order valence-electron chi connectivity index (χ0n) is 19.6. The molecule has 0 aliphatic carbocycles. The number of hydrogen-bond donors (Lipinski definition) is 5. The van der Waals surface area contributed by atoms with Crippen molar-refractivity contribution in [3.63, 3.8) is 0 Å². The van der Waals surface area contributed by atoms with Crippen LogP contribution in [-0.2, 0) is 20.7 Å². The molecule has 0 saturated carbocycles. The highest BCUT2D eigenvalue weighted by molar-refractivity contribution is 5.75. The molecule has 0 amide bonds. The molecule has 0 fully saturated rings. The molecule has 0 bridgehead atoms. The average Bonchev–Trinajstić information content (AvgIpc) is 2.85. The van der Waals surface area contributed by atoms with Crippen LogP contribution in [0.5, 0.6) is 11.5 Å². The van der Waals surface area contributed by atoms with Crippen LogP contribution in [0.1, 0.15) is 12.5 Å². The highest BCUT2D eigenvalue weighted by Crippen LogP contribution is 2.30. The number of carboxylic acids is 1. The number of benzene rings is 2. The first kappa shape index (κ1) is 28.8. The van der Waals surface area contributed by atoms with Crippen LogP contribution < -0.4 is 31.7 Å². The van der Waals surface area contributed by atoms with Crippen molar-refractivity contribution < 1.29 is 34.0 Å². The SMILES string of the molecule is CCO[C@@H](Cc1ccc(OCCN2CCOc3ccccc32)cc1)C(=O)O.NN=C(N)N.O=CO. The lowest BCUT2D eigenvalue weighted by Crippen LogP contribution is -2.35. The Kier molecular flexibility index (Phi) is 13.5. The van der Waals surface area contributed by atoms with E-state index >= 15 is 0 Å². The number of ether oxygens (including phenoxy) is 3. The van der Waals surface area contributed by atoms with E-state index in [0.29, 0.717) is 26.2 Å². The molecule has 2 aromatic carbocycles. The second-order valence-corrected chi connectivity index (χ2v) is 6.94. The van der Waals surface area contributed by atoms with Gasteiger partial charge < -0.3 is 46.6 Å². The largest absolute Gasteiger partial charge is 0.492 e. The van der Waals surface area contributed by atoms with Gasteiger partial charge in [-0.1, -0.05) is 24.3 Å². The molecule has 2 aromatic rings. The maximum absolute atomic E-state index is 11.2. The van der Waals surface area contributed by atoms with Crippen molar-refractivity contribution >= 4 is 24.1 Å². The van der Waals surface area contributed by atoms with Crippen molar-refractivity contribution in [1.82, 2.24) is 0 Å². The summed E-state index contributed by atoms with van der Waals surface area (Å²) in [6.07, 6.45) is -0.475. The second-order valence-electron chi connectivity index (χ2n) is 6.94. The average molecular weight is 492 g/mol. The number of para-hydroxylation sites is 2. The molecular formula is C23H33N5O7. The summed E-state index contributed by atoms with van der Waals surface area (Å²) in [4.78, 5) is 21.8. The molecule has 1 heterocycles. The minimum absolute atomic E-state index is 0.0926. The molecule has 0 saturated heterocycles. The van der Waals surface area contributed by atoms with Crippen LogP contribution in [0, 0.1) is 0 Å². The van der Waals surface area contributed by atoms with E-state index in [4.69, 9.17) is 40.7 Å². The Morgan fingerprint density at radius 1 is 1.23 bits per heavy atom. The maximum Gasteiger partial charge on any atom is 0.333 e. The number of anilines is 1. The summed E-state index contributed by atoms with van der Waals surface area (Å²) in [7, 11) is 0. The van der Waals surface area contributed by atoms with E-state index in [2.05, 4.69) is 21.9 Å². The van der Waals surface area contributed by atoms with Crippen LogP contribution in [-0.4, -0.2) is 67.6 Å². The summed E-state index contributed by atoms with van der Waals surface area (Å²) in [6, 6.07) is 15.5. The highest BCUT2D eigenvalue weighted by Gasteiger charge is 2.18. The molecule has 1 aliphatic heterocycles. The molecule has 0 radical (unpaired) electrons. The summed E-state index contributed by atoms with van der Waals surface area (Å²) in [5, 5.41) is 18.9. The fourth-order valence-electron chi connectivity index (χ4n) is 3.09. The lowest BCUT2D eigenvalue weighted by Gasteiger charge is -2.31. The third-order valence-corrected chi connectivity index (χ3v) is 4.59. The van der Waals surface area contributed by atoms with Gasteiger partial charge in [-0.15, -0.1) is 5.10 Å². The highest BCUT2D eigenvalue weighted by atomic mass is 16.5. The van der Waals surface area contributed by atoms with Crippen molar-refractivity contribution in [3.05, 3.63) is 54.1 Å². The van der Waals surface area contributed by atoms with E-state index in [-0.39, 0.29) is 12.4 Å². The minimum atomic E-state index is -0.942. The molecule has 35 heavy (non-hydrogen) atoms. The Bertz CT molecular complexity index is 921. The molecular weight excluding hydrogens is 458 g/mol. The molecule has 8 N–H and O–H groups in total. The van der Waals surface area contributed by atoms with Gasteiger partial charge in [-0.2, -0.15) is 0 Å². The first-order valence-electron chi connectivity index (χ1n) is 10.8. The number of guanidine groups is 1. The standard InChI is InChI=1S/C21H25NO5.CH6N4.CH2O2/c1-2-25-20(21(23)24)15-16-7-9-17(10-8-16)26-13-11-22-12-14-27-19-6-4-3-5-18(19)22;2-1(3)5-4;2-1-3/h3-10,20H,2,11-15H2,1H3,(H,23,24);4H2,(H4,2,3,5);1H,(H,2,3)/t20-;;/m0../s1. The Morgan fingerprint density at radius 2 is 1.86 bits per heavy atom. The van der Waals surface area contributed by atoms with Gasteiger partial charge in [-0.3, -0.25) is 4.79 Å². The lowest BCUT2D eigenvalue weighted by atomic mass is 10.1. The van der Waals surface area contributed by atoms with E-state index in [9.17, 15) is 4.79 Å². The number of hydrazone groups is 1. The molecule has 12 heteroatoms. The van der Waals surface area contributed by atoms with Gasteiger partial charge in [0.2, 0.25) is 5.96 Å². The third kappa shape index (κ3) is 11.0. The van der Waals surface area contributed by atoms with Gasteiger partial charge in [0.15, 0.2) is 6.10 Å². The maximum atomic E-state index is 11.2. The Balaban J connectivity index is 0.000000669. The van der Waals surface area contributed by atoms with Crippen LogP contribution >= 0.6 is 0 Å². The quantitative estimate of drug-likeness (QED) is 0.109. The van der Waals surface area contributed by atoms with Crippen molar-refractivity contribution in [2.45, 2.75) is 19.4 Å². The van der Waals surface area contributed by atoms with Crippen molar-refractivity contribution in [2.75, 3.05) is 37.8 Å². The van der Waals surface area contributed by atoms with Gasteiger partial charge in [-0.05, 0) is 36.8 Å². The van der Waals surface area contributed by atoms with E-state index < -0.39 is 12.1 Å². The number of carbonyl (C=O) groups is 2. The van der Waals surface area contributed by atoms with Gasteiger partial charge in [-0.25, -0.2) is 4.79 Å². The van der Waals surface area contributed by atoms with Crippen LogP contribution in [0.25, 0.3) is 0 Å². The number of nitrogens with zero attached hydrogens (tertiary/aromatic N) is 2. The second kappa shape index (κ2) is 16.4. The molecule has 0 aromatic heterocycles. The molecule has 192 valence electrons. The number of carboxylic acid groups (broad SMARTS) is 2. The Labute approximate surface area is 203 Å². The molecule has 0 unspecified atom stereocenters. The monoisotopic (exact) mass is 491 g/mol. The first-order chi connectivity index (χ1) is 16.9. The molecule has 12 nitrogen and oxygen atoms in total. The molecule has 1 atom stereocenters. The number of rotatable bonds is 9. The van der Waals surface area contributed by atoms with Crippen molar-refractivity contribution in [3.8, 4) is 11.5 Å². The summed E-state index contributed by atoms with van der Waals surface area (Å²) >= 11 is 0. The van der Waals surface area contributed by atoms with E-state index in [1.807, 2.05) is 42.5 Å². The van der Waals surface area contributed by atoms with Gasteiger partial charge >= 0.3 is 5.97 Å². The van der Waals surface area contributed by atoms with Crippen LogP contribution in [0.2, 0.25) is 0 Å². The normalized spacial score (nSPS) is 12.2. The number of nitrogens with two attached hydrogens (primary N) is 3. The third-order valence-electron chi connectivity index (χ3n) is 4.59. The van der Waals surface area contributed by atoms with E-state index in [1.54, 1.807) is 6.92 Å². The molecule has 1 aliphatic rings. The Hall–Kier alpha value is -4.19. The summed E-state index contributed by atoms with van der Waals surface area (Å²) in [5.74, 6) is 5.15. The van der Waals surface area contributed by atoms with Crippen molar-refractivity contribution in [1.29, 1.82) is 0 Å². The first-order valence-corrected chi connectivity index (χ1v) is 10.8. The topological polar surface area (TPSA) is 196 Å². The van der Waals surface area contributed by atoms with Crippen molar-refractivity contribution in [2.24, 2.45) is 22.4 Å². The number of aliphatic carboxylic acids is 1. The van der Waals surface area contributed by atoms with Crippen LogP contribution in [0.3, 0.4) is 0 Å². The Morgan fingerprint density at radius 3 is 2.43 bits per heavy atom. The smallest absolute Gasteiger partial charge is 0.333 e. The van der Waals surface area contributed by atoms with Crippen LogP contribution in [0.4, 0.5) is 5.69 Å². The zero-order valence-corrected chi connectivity index (χ0v) is 19.6. The summed E-state index contributed by atoms with van der Waals surface area (Å²) in [5.41, 5.74) is 11.4. The fraction of sp³-hybridized carbons (Fsp3) is 0.348. The van der Waals surface area contributed by atoms with Gasteiger partial charge in [0.1, 0.15) is 24.7 Å². The molecule has 3 rings (SSSR count). The molecule has 0 spiro atoms. The summed E-state index contributed by atoms with van der Waals surface area (Å²) < 4.78 is 16.8. The van der Waals surface area contributed by atoms with Gasteiger partial charge in [0.25, 0.3) is 6.47 Å². The number of fused-ring (bicyclic) bond motifs is 1. The van der Waals surface area contributed by atoms with E-state index in [1.165, 1.54) is 0 Å². The fourth-order valence-corrected chi connectivity index (χ4v) is 3.09.